The van der Waals surface area contributed by atoms with Gasteiger partial charge in [-0.3, -0.25) is 0 Å². The van der Waals surface area contributed by atoms with Crippen molar-refractivity contribution in [3.05, 3.63) is 151 Å². The molecule has 0 aliphatic rings. The van der Waals surface area contributed by atoms with Crippen LogP contribution < -0.4 is 25.7 Å². The second-order valence-electron chi connectivity index (χ2n) is 8.28. The fraction of sp³-hybridized carbons (Fsp3) is 0.0625. The number of hydrogen-bond donors (Lipinski definition) is 0. The first kappa shape index (κ1) is 23.5. The maximum absolute atomic E-state index is 2.72. The third kappa shape index (κ3) is 5.38. The summed E-state index contributed by atoms with van der Waals surface area (Å²) in [6.45, 7) is 2.22. The van der Waals surface area contributed by atoms with Crippen LogP contribution in [0.1, 0.15) is 12.5 Å². The molecule has 0 aromatic heterocycles. The van der Waals surface area contributed by atoms with Gasteiger partial charge >= 0.3 is 0 Å². The lowest BCUT2D eigenvalue weighted by molar-refractivity contribution is 1.14. The summed E-state index contributed by atoms with van der Waals surface area (Å²) in [7, 11) is -1.66. The number of rotatable bonds is 8. The fourth-order valence-corrected chi connectivity index (χ4v) is 10.2. The standard InChI is InChI=1S/C32H29NP2/c1-2-27-23-25-28(26-24-27)33(34(29-15-7-3-8-16-29)30-17-9-4-10-18-30)35(31-19-11-5-12-20-31)32-21-13-6-14-22-32/h3-26H,2H2,1H3. The van der Waals surface area contributed by atoms with Gasteiger partial charge in [-0.15, -0.1) is 0 Å². The molecule has 0 fully saturated rings. The van der Waals surface area contributed by atoms with Gasteiger partial charge in [0.15, 0.2) is 0 Å². The molecule has 0 atom stereocenters. The first-order chi connectivity index (χ1) is 17.3. The minimum absolute atomic E-state index is 0.829. The lowest BCUT2D eigenvalue weighted by atomic mass is 10.2. The van der Waals surface area contributed by atoms with Crippen LogP contribution in [-0.4, -0.2) is 0 Å². The molecule has 35 heavy (non-hydrogen) atoms. The predicted octanol–water partition coefficient (Wildman–Crippen LogP) is 7.15. The molecule has 0 spiro atoms. The van der Waals surface area contributed by atoms with E-state index in [9.17, 15) is 0 Å². The lowest BCUT2D eigenvalue weighted by Gasteiger charge is -2.40. The van der Waals surface area contributed by atoms with Gasteiger partial charge in [-0.25, -0.2) is 0 Å². The van der Waals surface area contributed by atoms with Crippen LogP contribution in [0.25, 0.3) is 0 Å². The Bertz CT molecular complexity index is 1150. The van der Waals surface area contributed by atoms with Gasteiger partial charge in [-0.2, -0.15) is 0 Å². The van der Waals surface area contributed by atoms with Crippen LogP contribution in [0.4, 0.5) is 5.69 Å². The van der Waals surface area contributed by atoms with Crippen molar-refractivity contribution in [3.63, 3.8) is 0 Å². The predicted molar refractivity (Wildman–Crippen MR) is 156 cm³/mol. The molecule has 0 heterocycles. The van der Waals surface area contributed by atoms with Crippen molar-refractivity contribution >= 4 is 43.1 Å². The SMILES string of the molecule is CCc1ccc(N(P(c2ccccc2)c2ccccc2)P(c2ccccc2)c2ccccc2)cc1. The Kier molecular flexibility index (Phi) is 7.69. The lowest BCUT2D eigenvalue weighted by Crippen LogP contribution is -2.31. The molecule has 0 aliphatic heterocycles. The summed E-state index contributed by atoms with van der Waals surface area (Å²) in [6, 6.07) is 53.3. The summed E-state index contributed by atoms with van der Waals surface area (Å²) >= 11 is 0. The Balaban J connectivity index is 1.78. The molecular weight excluding hydrogens is 460 g/mol. The monoisotopic (exact) mass is 489 g/mol. The number of benzene rings is 5. The van der Waals surface area contributed by atoms with Crippen molar-refractivity contribution in [2.45, 2.75) is 13.3 Å². The van der Waals surface area contributed by atoms with Gasteiger partial charge in [-0.1, -0.05) is 140 Å². The molecule has 5 aromatic carbocycles. The van der Waals surface area contributed by atoms with E-state index in [-0.39, 0.29) is 0 Å². The van der Waals surface area contributed by atoms with E-state index >= 15 is 0 Å². The van der Waals surface area contributed by atoms with E-state index in [0.29, 0.717) is 0 Å². The Labute approximate surface area is 211 Å². The zero-order chi connectivity index (χ0) is 23.9. The topological polar surface area (TPSA) is 3.24 Å². The Morgan fingerprint density at radius 1 is 0.429 bits per heavy atom. The van der Waals surface area contributed by atoms with Gasteiger partial charge in [0.05, 0.1) is 16.1 Å². The molecule has 0 saturated carbocycles. The molecule has 5 rings (SSSR count). The average Bonchev–Trinajstić information content (AvgIpc) is 2.95. The molecule has 0 saturated heterocycles. The second kappa shape index (κ2) is 11.5. The summed E-state index contributed by atoms with van der Waals surface area (Å²) < 4.78 is 2.72. The van der Waals surface area contributed by atoms with Crippen LogP contribution in [0.15, 0.2) is 146 Å². The Hall–Kier alpha value is -3.24. The van der Waals surface area contributed by atoms with E-state index < -0.39 is 16.1 Å². The molecule has 0 N–H and O–H groups in total. The second-order valence-corrected chi connectivity index (χ2v) is 12.7. The first-order valence-electron chi connectivity index (χ1n) is 12.0. The van der Waals surface area contributed by atoms with Crippen LogP contribution in [0.5, 0.6) is 0 Å². The van der Waals surface area contributed by atoms with Gasteiger partial charge < -0.3 is 4.44 Å². The molecule has 0 aliphatic carbocycles. The molecule has 0 radical (unpaired) electrons. The maximum Gasteiger partial charge on any atom is 0.0590 e. The van der Waals surface area contributed by atoms with E-state index in [1.807, 2.05) is 0 Å². The first-order valence-corrected chi connectivity index (χ1v) is 14.6. The number of nitrogens with zero attached hydrogens (tertiary/aromatic N) is 1. The molecule has 172 valence electrons. The van der Waals surface area contributed by atoms with Crippen LogP contribution in [0.3, 0.4) is 0 Å². The van der Waals surface area contributed by atoms with E-state index in [2.05, 4.69) is 157 Å². The zero-order valence-electron chi connectivity index (χ0n) is 19.9. The highest BCUT2D eigenvalue weighted by Gasteiger charge is 2.32. The highest BCUT2D eigenvalue weighted by Crippen LogP contribution is 2.56. The average molecular weight is 490 g/mol. The molecular formula is C32H29NP2. The van der Waals surface area contributed by atoms with Crippen molar-refractivity contribution in [1.82, 2.24) is 0 Å². The molecule has 0 bridgehead atoms. The zero-order valence-corrected chi connectivity index (χ0v) is 21.7. The third-order valence-corrected chi connectivity index (χ3v) is 11.4. The third-order valence-electron chi connectivity index (χ3n) is 5.96. The number of anilines is 1. The van der Waals surface area contributed by atoms with Crippen LogP contribution in [0, 0.1) is 0 Å². The molecule has 5 aromatic rings. The van der Waals surface area contributed by atoms with Crippen molar-refractivity contribution < 1.29 is 0 Å². The van der Waals surface area contributed by atoms with Gasteiger partial charge in [-0.05, 0) is 24.1 Å². The van der Waals surface area contributed by atoms with Crippen molar-refractivity contribution in [2.24, 2.45) is 0 Å². The van der Waals surface area contributed by atoms with Crippen LogP contribution in [0.2, 0.25) is 0 Å². The molecule has 0 unspecified atom stereocenters. The van der Waals surface area contributed by atoms with Gasteiger partial charge in [0.2, 0.25) is 0 Å². The molecule has 1 nitrogen and oxygen atoms in total. The highest BCUT2D eigenvalue weighted by atomic mass is 31.2. The largest absolute Gasteiger partial charge is 0.313 e. The maximum atomic E-state index is 2.72. The quantitative estimate of drug-likeness (QED) is 0.209. The number of hydrogen-bond acceptors (Lipinski definition) is 1. The minimum Gasteiger partial charge on any atom is -0.313 e. The highest BCUT2D eigenvalue weighted by molar-refractivity contribution is 7.90. The van der Waals surface area contributed by atoms with E-state index in [1.54, 1.807) is 0 Å². The summed E-state index contributed by atoms with van der Waals surface area (Å²) in [6.07, 6.45) is 1.04. The van der Waals surface area contributed by atoms with Crippen molar-refractivity contribution in [3.8, 4) is 0 Å². The summed E-state index contributed by atoms with van der Waals surface area (Å²) in [5.41, 5.74) is 2.63. The van der Waals surface area contributed by atoms with Crippen molar-refractivity contribution in [1.29, 1.82) is 0 Å². The molecule has 3 heteroatoms. The Morgan fingerprint density at radius 3 is 1.03 bits per heavy atom. The number of aryl methyl sites for hydroxylation is 1. The summed E-state index contributed by atoms with van der Waals surface area (Å²) in [5.74, 6) is 0. The van der Waals surface area contributed by atoms with E-state index in [1.165, 1.54) is 32.5 Å². The normalized spacial score (nSPS) is 11.1. The van der Waals surface area contributed by atoms with Crippen LogP contribution >= 0.6 is 16.1 Å². The van der Waals surface area contributed by atoms with E-state index in [4.69, 9.17) is 0 Å². The minimum atomic E-state index is -0.829. The summed E-state index contributed by atoms with van der Waals surface area (Å²) in [4.78, 5) is 0. The van der Waals surface area contributed by atoms with Crippen molar-refractivity contribution in [2.75, 3.05) is 4.44 Å². The fourth-order valence-electron chi connectivity index (χ4n) is 4.20. The van der Waals surface area contributed by atoms with Gasteiger partial charge in [0.1, 0.15) is 0 Å². The summed E-state index contributed by atoms with van der Waals surface area (Å²) in [5, 5.41) is 5.42. The van der Waals surface area contributed by atoms with Crippen LogP contribution in [-0.2, 0) is 6.42 Å². The Morgan fingerprint density at radius 2 is 0.743 bits per heavy atom. The van der Waals surface area contributed by atoms with Gasteiger partial charge in [0.25, 0.3) is 0 Å². The smallest absolute Gasteiger partial charge is 0.0590 e. The van der Waals surface area contributed by atoms with E-state index in [0.717, 1.165) is 6.42 Å². The molecule has 0 amide bonds. The van der Waals surface area contributed by atoms with Gasteiger partial charge in [0, 0.05) is 26.9 Å².